The van der Waals surface area contributed by atoms with E-state index in [9.17, 15) is 13.2 Å². The number of benzene rings is 2. The molecule has 0 aliphatic carbocycles. The van der Waals surface area contributed by atoms with E-state index in [-0.39, 0.29) is 16.7 Å². The van der Waals surface area contributed by atoms with Gasteiger partial charge in [-0.25, -0.2) is 8.42 Å². The molecule has 0 bridgehead atoms. The Balaban J connectivity index is 1.27. The summed E-state index contributed by atoms with van der Waals surface area (Å²) in [5.41, 5.74) is 3.03. The Morgan fingerprint density at radius 1 is 0.971 bits per heavy atom. The van der Waals surface area contributed by atoms with Gasteiger partial charge in [-0.05, 0) is 35.4 Å². The van der Waals surface area contributed by atoms with Crippen molar-refractivity contribution in [3.05, 3.63) is 65.2 Å². The van der Waals surface area contributed by atoms with E-state index in [2.05, 4.69) is 5.32 Å². The Morgan fingerprint density at radius 3 is 2.32 bits per heavy atom. The molecule has 34 heavy (non-hydrogen) atoms. The van der Waals surface area contributed by atoms with Gasteiger partial charge in [0.15, 0.2) is 11.5 Å². The molecule has 1 amide bonds. The maximum Gasteiger partial charge on any atom is 0.243 e. The smallest absolute Gasteiger partial charge is 0.243 e. The molecule has 0 saturated carbocycles. The number of likely N-dealkylation sites (N-methyl/N-ethyl adjacent to an activating group) is 1. The number of hydrogen-bond acceptors (Lipinski definition) is 6. The summed E-state index contributed by atoms with van der Waals surface area (Å²) >= 11 is 0. The highest BCUT2D eigenvalue weighted by Crippen LogP contribution is 2.36. The predicted molar refractivity (Wildman–Crippen MR) is 128 cm³/mol. The summed E-state index contributed by atoms with van der Waals surface area (Å²) < 4.78 is 39.1. The molecule has 0 fully saturated rings. The van der Waals surface area contributed by atoms with Crippen LogP contribution >= 0.6 is 0 Å². The molecule has 0 saturated heterocycles. The van der Waals surface area contributed by atoms with E-state index in [1.807, 2.05) is 42.2 Å². The summed E-state index contributed by atoms with van der Waals surface area (Å²) in [6.45, 7) is 5.79. The first-order valence-electron chi connectivity index (χ1n) is 11.6. The van der Waals surface area contributed by atoms with Gasteiger partial charge in [-0.1, -0.05) is 37.3 Å². The third kappa shape index (κ3) is 4.31. The van der Waals surface area contributed by atoms with E-state index in [4.69, 9.17) is 9.47 Å². The van der Waals surface area contributed by atoms with Crippen LogP contribution in [0.5, 0.6) is 11.5 Å². The number of ether oxygens (including phenoxy) is 2. The Kier molecular flexibility index (Phi) is 6.33. The minimum absolute atomic E-state index is 0.0720. The molecule has 1 atom stereocenters. The van der Waals surface area contributed by atoms with E-state index in [1.54, 1.807) is 12.1 Å². The fourth-order valence-corrected chi connectivity index (χ4v) is 6.19. The molecular weight excluding hydrogens is 454 g/mol. The molecule has 3 heterocycles. The summed E-state index contributed by atoms with van der Waals surface area (Å²) in [6.07, 6.45) is 0. The van der Waals surface area contributed by atoms with Gasteiger partial charge in [0.1, 0.15) is 13.2 Å². The van der Waals surface area contributed by atoms with E-state index >= 15 is 0 Å². The molecule has 3 aliphatic rings. The maximum atomic E-state index is 13.4. The first kappa shape index (κ1) is 22.9. The second kappa shape index (κ2) is 9.40. The average Bonchev–Trinajstić information content (AvgIpc) is 3.45. The number of nitrogens with one attached hydrogen (secondary N) is 1. The highest BCUT2D eigenvalue weighted by molar-refractivity contribution is 7.89. The zero-order chi connectivity index (χ0) is 23.7. The van der Waals surface area contributed by atoms with Crippen LogP contribution < -0.4 is 14.8 Å². The Bertz CT molecular complexity index is 1190. The summed E-state index contributed by atoms with van der Waals surface area (Å²) in [7, 11) is -3.68. The first-order valence-corrected chi connectivity index (χ1v) is 13.1. The Labute approximate surface area is 200 Å². The number of nitrogens with zero attached hydrogens (tertiary/aromatic N) is 2. The molecule has 1 unspecified atom stereocenters. The lowest BCUT2D eigenvalue weighted by Gasteiger charge is -2.27. The summed E-state index contributed by atoms with van der Waals surface area (Å²) in [5, 5.41) is 3.30. The predicted octanol–water partition coefficient (Wildman–Crippen LogP) is 1.99. The molecule has 0 radical (unpaired) electrons. The quantitative estimate of drug-likeness (QED) is 0.606. The van der Waals surface area contributed by atoms with Crippen molar-refractivity contribution in [1.29, 1.82) is 0 Å². The van der Waals surface area contributed by atoms with Gasteiger partial charge < -0.3 is 19.7 Å². The molecule has 8 nitrogen and oxygen atoms in total. The van der Waals surface area contributed by atoms with Crippen LogP contribution in [0.3, 0.4) is 0 Å². The van der Waals surface area contributed by atoms with Crippen LogP contribution in [0.25, 0.3) is 0 Å². The molecule has 2 aromatic carbocycles. The number of hydrogen-bond donors (Lipinski definition) is 1. The lowest BCUT2D eigenvalue weighted by molar-refractivity contribution is -0.131. The van der Waals surface area contributed by atoms with Crippen molar-refractivity contribution in [2.75, 3.05) is 52.5 Å². The molecule has 180 valence electrons. The van der Waals surface area contributed by atoms with Gasteiger partial charge >= 0.3 is 0 Å². The summed E-state index contributed by atoms with van der Waals surface area (Å²) in [5.74, 6) is 0.824. The zero-order valence-electron chi connectivity index (χ0n) is 19.2. The molecule has 9 heteroatoms. The van der Waals surface area contributed by atoms with Crippen LogP contribution in [-0.2, 0) is 14.8 Å². The standard InChI is InChI=1S/C25H29N3O5S/c1-2-26-13-22(18-6-4-3-5-7-18)25(29)27-14-19-16-28(17-20(19)15-27)34(30,31)21-8-9-23-24(12-21)33-11-10-32-23/h3-9,12,22,26H,2,10-11,13-17H2,1H3. The number of carbonyl (C=O) groups is 1. The SMILES string of the molecule is CCNCC(C(=O)N1CC2=C(C1)CN(S(=O)(=O)c1ccc3c(c1)OCCO3)C2)c1ccccc1. The number of carbonyl (C=O) groups excluding carboxylic acids is 1. The molecule has 0 aromatic heterocycles. The zero-order valence-corrected chi connectivity index (χ0v) is 20.0. The highest BCUT2D eigenvalue weighted by Gasteiger charge is 2.39. The monoisotopic (exact) mass is 483 g/mol. The Hall–Kier alpha value is -2.88. The van der Waals surface area contributed by atoms with Crippen LogP contribution in [0, 0.1) is 0 Å². The molecule has 1 N–H and O–H groups in total. The number of amides is 1. The molecular formula is C25H29N3O5S. The summed E-state index contributed by atoms with van der Waals surface area (Å²) in [6, 6.07) is 14.6. The van der Waals surface area contributed by atoms with E-state index in [0.29, 0.717) is 57.4 Å². The second-order valence-corrected chi connectivity index (χ2v) is 10.7. The van der Waals surface area contributed by atoms with Crippen molar-refractivity contribution in [1.82, 2.24) is 14.5 Å². The van der Waals surface area contributed by atoms with Crippen molar-refractivity contribution in [2.45, 2.75) is 17.7 Å². The van der Waals surface area contributed by atoms with Gasteiger partial charge in [-0.3, -0.25) is 4.79 Å². The average molecular weight is 484 g/mol. The van der Waals surface area contributed by atoms with Crippen LogP contribution in [0.15, 0.2) is 64.6 Å². The van der Waals surface area contributed by atoms with Crippen molar-refractivity contribution in [3.63, 3.8) is 0 Å². The van der Waals surface area contributed by atoms with E-state index in [1.165, 1.54) is 10.4 Å². The van der Waals surface area contributed by atoms with Gasteiger partial charge in [0.05, 0.1) is 10.8 Å². The van der Waals surface area contributed by atoms with E-state index in [0.717, 1.165) is 23.3 Å². The van der Waals surface area contributed by atoms with Gasteiger partial charge in [0.25, 0.3) is 0 Å². The van der Waals surface area contributed by atoms with Crippen molar-refractivity contribution < 1.29 is 22.7 Å². The fourth-order valence-electron chi connectivity index (χ4n) is 4.75. The highest BCUT2D eigenvalue weighted by atomic mass is 32.2. The largest absolute Gasteiger partial charge is 0.486 e. The van der Waals surface area contributed by atoms with Crippen molar-refractivity contribution in [2.24, 2.45) is 0 Å². The van der Waals surface area contributed by atoms with Crippen molar-refractivity contribution >= 4 is 15.9 Å². The lowest BCUT2D eigenvalue weighted by Crippen LogP contribution is -2.40. The molecule has 5 rings (SSSR count). The van der Waals surface area contributed by atoms with Gasteiger partial charge in [0, 0.05) is 38.8 Å². The minimum Gasteiger partial charge on any atom is -0.486 e. The minimum atomic E-state index is -3.68. The van der Waals surface area contributed by atoms with Crippen LogP contribution in [-0.4, -0.2) is 76.0 Å². The molecule has 2 aromatic rings. The summed E-state index contributed by atoms with van der Waals surface area (Å²) in [4.78, 5) is 15.5. The van der Waals surface area contributed by atoms with Crippen LogP contribution in [0.4, 0.5) is 0 Å². The topological polar surface area (TPSA) is 88.2 Å². The van der Waals surface area contributed by atoms with Gasteiger partial charge in [-0.2, -0.15) is 4.31 Å². The third-order valence-electron chi connectivity index (χ3n) is 6.56. The maximum absolute atomic E-state index is 13.4. The van der Waals surface area contributed by atoms with E-state index < -0.39 is 10.0 Å². The first-order chi connectivity index (χ1) is 16.5. The number of rotatable bonds is 7. The Morgan fingerprint density at radius 2 is 1.65 bits per heavy atom. The second-order valence-electron chi connectivity index (χ2n) is 8.75. The lowest BCUT2D eigenvalue weighted by atomic mass is 9.97. The molecule has 3 aliphatic heterocycles. The van der Waals surface area contributed by atoms with Crippen LogP contribution in [0.2, 0.25) is 0 Å². The van der Waals surface area contributed by atoms with Crippen LogP contribution in [0.1, 0.15) is 18.4 Å². The van der Waals surface area contributed by atoms with Crippen molar-refractivity contribution in [3.8, 4) is 11.5 Å². The normalized spacial score (nSPS) is 18.8. The number of fused-ring (bicyclic) bond motifs is 1. The van der Waals surface area contributed by atoms with Gasteiger partial charge in [0.2, 0.25) is 15.9 Å². The van der Waals surface area contributed by atoms with Gasteiger partial charge in [-0.15, -0.1) is 0 Å². The third-order valence-corrected chi connectivity index (χ3v) is 8.35. The molecule has 0 spiro atoms. The fraction of sp³-hybridized carbons (Fsp3) is 0.400. The number of sulfonamides is 1.